The van der Waals surface area contributed by atoms with E-state index in [1.165, 1.54) is 19.2 Å². The molecule has 0 bridgehead atoms. The van der Waals surface area contributed by atoms with Gasteiger partial charge in [-0.3, -0.25) is 0 Å². The van der Waals surface area contributed by atoms with Gasteiger partial charge in [0.1, 0.15) is 13.2 Å². The Balaban J connectivity index is 1.53. The third kappa shape index (κ3) is 3.68. The zero-order valence-corrected chi connectivity index (χ0v) is 16.4. The van der Waals surface area contributed by atoms with E-state index in [1.54, 1.807) is 30.3 Å². The van der Waals surface area contributed by atoms with Gasteiger partial charge in [-0.15, -0.1) is 0 Å². The molecule has 0 saturated heterocycles. The Kier molecular flexibility index (Phi) is 4.96. The lowest BCUT2D eigenvalue weighted by Gasteiger charge is -2.20. The highest BCUT2D eigenvalue weighted by molar-refractivity contribution is 7.89. The molecule has 0 saturated carbocycles. The zero-order chi connectivity index (χ0) is 19.7. The van der Waals surface area contributed by atoms with Gasteiger partial charge in [0.15, 0.2) is 11.5 Å². The lowest BCUT2D eigenvalue weighted by Crippen LogP contribution is -2.27. The molecule has 0 radical (unpaired) electrons. The summed E-state index contributed by atoms with van der Waals surface area (Å²) in [5.41, 5.74) is 0.719. The van der Waals surface area contributed by atoms with Crippen molar-refractivity contribution in [1.29, 1.82) is 0 Å². The van der Waals surface area contributed by atoms with E-state index in [0.29, 0.717) is 35.6 Å². The Morgan fingerprint density at radius 1 is 1.07 bits per heavy atom. The monoisotopic (exact) mass is 421 g/mol. The highest BCUT2D eigenvalue weighted by Gasteiger charge is 2.25. The zero-order valence-electron chi connectivity index (χ0n) is 14.8. The third-order valence-electron chi connectivity index (χ3n) is 4.15. The molecule has 8 nitrogen and oxygen atoms in total. The van der Waals surface area contributed by atoms with E-state index in [-0.39, 0.29) is 17.3 Å². The first-order valence-corrected chi connectivity index (χ1v) is 10.2. The summed E-state index contributed by atoms with van der Waals surface area (Å²) in [4.78, 5) is 4.35. The van der Waals surface area contributed by atoms with Crippen molar-refractivity contribution in [1.82, 2.24) is 14.4 Å². The van der Waals surface area contributed by atoms with E-state index in [4.69, 9.17) is 25.6 Å². The second kappa shape index (κ2) is 7.42. The largest absolute Gasteiger partial charge is 0.486 e. The number of hydrogen-bond acceptors (Lipinski definition) is 7. The molecule has 0 N–H and O–H groups in total. The van der Waals surface area contributed by atoms with Crippen LogP contribution in [-0.4, -0.2) is 43.1 Å². The Morgan fingerprint density at radius 2 is 1.79 bits per heavy atom. The lowest BCUT2D eigenvalue weighted by atomic mass is 10.2. The van der Waals surface area contributed by atoms with Gasteiger partial charge in [-0.2, -0.15) is 9.29 Å². The molecular weight excluding hydrogens is 406 g/mol. The second-order valence-electron chi connectivity index (χ2n) is 6.09. The smallest absolute Gasteiger partial charge is 0.243 e. The summed E-state index contributed by atoms with van der Waals surface area (Å²) in [5.74, 6) is 1.46. The number of sulfonamides is 1. The normalized spacial score (nSPS) is 13.7. The minimum Gasteiger partial charge on any atom is -0.486 e. The summed E-state index contributed by atoms with van der Waals surface area (Å²) in [5, 5.41) is 4.49. The van der Waals surface area contributed by atoms with Gasteiger partial charge in [-0.05, 0) is 36.4 Å². The average molecular weight is 422 g/mol. The summed E-state index contributed by atoms with van der Waals surface area (Å²) in [6, 6.07) is 11.5. The van der Waals surface area contributed by atoms with Crippen LogP contribution >= 0.6 is 11.6 Å². The number of benzene rings is 2. The number of halogens is 1. The predicted octanol–water partition coefficient (Wildman–Crippen LogP) is 2.98. The van der Waals surface area contributed by atoms with Gasteiger partial charge >= 0.3 is 0 Å². The first-order valence-electron chi connectivity index (χ1n) is 8.38. The highest BCUT2D eigenvalue weighted by atomic mass is 35.5. The van der Waals surface area contributed by atoms with Crippen LogP contribution in [0.15, 0.2) is 51.9 Å². The van der Waals surface area contributed by atoms with Crippen LogP contribution in [0.1, 0.15) is 5.89 Å². The van der Waals surface area contributed by atoms with E-state index in [2.05, 4.69) is 10.1 Å². The quantitative estimate of drug-likeness (QED) is 0.624. The van der Waals surface area contributed by atoms with Gasteiger partial charge in [0.25, 0.3) is 0 Å². The molecule has 0 aliphatic carbocycles. The standard InChI is InChI=1S/C18H16ClN3O5S/c1-22(11-17-20-18(21-27-17)12-2-4-13(19)5-3-12)28(23,24)14-6-7-15-16(10-14)26-9-8-25-15/h2-7,10H,8-9,11H2,1H3. The fourth-order valence-electron chi connectivity index (χ4n) is 2.67. The first-order chi connectivity index (χ1) is 13.4. The van der Waals surface area contributed by atoms with Gasteiger partial charge in [0, 0.05) is 23.7 Å². The number of rotatable bonds is 5. The summed E-state index contributed by atoms with van der Waals surface area (Å²) in [6.45, 7) is 0.741. The first kappa shape index (κ1) is 18.7. The number of fused-ring (bicyclic) bond motifs is 1. The lowest BCUT2D eigenvalue weighted by molar-refractivity contribution is 0.171. The van der Waals surface area contributed by atoms with Crippen molar-refractivity contribution in [3.8, 4) is 22.9 Å². The molecule has 0 spiro atoms. The number of ether oxygens (including phenoxy) is 2. The van der Waals surface area contributed by atoms with Crippen molar-refractivity contribution >= 4 is 21.6 Å². The van der Waals surface area contributed by atoms with Gasteiger partial charge in [0.2, 0.25) is 21.7 Å². The molecule has 0 unspecified atom stereocenters. The maximum atomic E-state index is 12.9. The molecule has 0 atom stereocenters. The van der Waals surface area contributed by atoms with Crippen LogP contribution < -0.4 is 9.47 Å². The van der Waals surface area contributed by atoms with E-state index in [0.717, 1.165) is 9.87 Å². The van der Waals surface area contributed by atoms with Gasteiger partial charge < -0.3 is 14.0 Å². The van der Waals surface area contributed by atoms with Gasteiger partial charge in [-0.25, -0.2) is 8.42 Å². The molecule has 1 aliphatic heterocycles. The van der Waals surface area contributed by atoms with E-state index in [1.807, 2.05) is 0 Å². The molecule has 2 aromatic carbocycles. The minimum absolute atomic E-state index is 0.0721. The van der Waals surface area contributed by atoms with Crippen LogP contribution in [0.25, 0.3) is 11.4 Å². The molecule has 1 aromatic heterocycles. The fourth-order valence-corrected chi connectivity index (χ4v) is 3.94. The summed E-state index contributed by atoms with van der Waals surface area (Å²) < 4.78 is 42.9. The van der Waals surface area contributed by atoms with Crippen molar-refractivity contribution in [2.75, 3.05) is 20.3 Å². The summed E-state index contributed by atoms with van der Waals surface area (Å²) in [6.07, 6.45) is 0. The topological polar surface area (TPSA) is 94.8 Å². The summed E-state index contributed by atoms with van der Waals surface area (Å²) >= 11 is 5.87. The molecule has 0 amide bonds. The average Bonchev–Trinajstić information content (AvgIpc) is 3.16. The van der Waals surface area contributed by atoms with Crippen LogP contribution in [0, 0.1) is 0 Å². The number of hydrogen-bond donors (Lipinski definition) is 0. The van der Waals surface area contributed by atoms with Crippen LogP contribution in [0.3, 0.4) is 0 Å². The SMILES string of the molecule is CN(Cc1nc(-c2ccc(Cl)cc2)no1)S(=O)(=O)c1ccc2c(c1)OCCO2. The molecule has 4 rings (SSSR count). The molecule has 10 heteroatoms. The van der Waals surface area contributed by atoms with E-state index in [9.17, 15) is 8.42 Å². The van der Waals surface area contributed by atoms with Crippen LogP contribution in [0.4, 0.5) is 0 Å². The van der Waals surface area contributed by atoms with E-state index < -0.39 is 10.0 Å². The van der Waals surface area contributed by atoms with Crippen molar-refractivity contribution < 1.29 is 22.4 Å². The number of nitrogens with zero attached hydrogens (tertiary/aromatic N) is 3. The van der Waals surface area contributed by atoms with Gasteiger partial charge in [-0.1, -0.05) is 16.8 Å². The molecule has 2 heterocycles. The minimum atomic E-state index is -3.78. The Labute approximate surface area is 166 Å². The molecule has 0 fully saturated rings. The molecule has 1 aliphatic rings. The molecule has 3 aromatic rings. The predicted molar refractivity (Wildman–Crippen MR) is 101 cm³/mol. The Hall–Kier alpha value is -2.62. The highest BCUT2D eigenvalue weighted by Crippen LogP contribution is 2.33. The fraction of sp³-hybridized carbons (Fsp3) is 0.222. The Morgan fingerprint density at radius 3 is 2.54 bits per heavy atom. The maximum Gasteiger partial charge on any atom is 0.243 e. The summed E-state index contributed by atoms with van der Waals surface area (Å²) in [7, 11) is -2.34. The number of aromatic nitrogens is 2. The van der Waals surface area contributed by atoms with Crippen molar-refractivity contribution in [2.45, 2.75) is 11.4 Å². The van der Waals surface area contributed by atoms with Crippen molar-refractivity contribution in [3.05, 3.63) is 53.4 Å². The Bertz CT molecular complexity index is 1100. The van der Waals surface area contributed by atoms with Crippen molar-refractivity contribution in [2.24, 2.45) is 0 Å². The van der Waals surface area contributed by atoms with Gasteiger partial charge in [0.05, 0.1) is 11.4 Å². The molecular formula is C18H16ClN3O5S. The maximum absolute atomic E-state index is 12.9. The van der Waals surface area contributed by atoms with Crippen LogP contribution in [0.5, 0.6) is 11.5 Å². The van der Waals surface area contributed by atoms with E-state index >= 15 is 0 Å². The molecule has 146 valence electrons. The van der Waals surface area contributed by atoms with Crippen molar-refractivity contribution in [3.63, 3.8) is 0 Å². The third-order valence-corrected chi connectivity index (χ3v) is 6.20. The second-order valence-corrected chi connectivity index (χ2v) is 8.57. The van der Waals surface area contributed by atoms with Crippen LogP contribution in [-0.2, 0) is 16.6 Å². The molecule has 28 heavy (non-hydrogen) atoms. The van der Waals surface area contributed by atoms with Crippen LogP contribution in [0.2, 0.25) is 5.02 Å².